The molecule has 0 radical (unpaired) electrons. The molecule has 2 rings (SSSR count). The Morgan fingerprint density at radius 1 is 1.35 bits per heavy atom. The summed E-state index contributed by atoms with van der Waals surface area (Å²) < 4.78 is 5.73. The fraction of sp³-hybridized carbons (Fsp3) is 0.600. The number of fused-ring (bicyclic) bond motifs is 1. The van der Waals surface area contributed by atoms with Gasteiger partial charge >= 0.3 is 0 Å². The van der Waals surface area contributed by atoms with Crippen molar-refractivity contribution in [2.45, 2.75) is 45.1 Å². The van der Waals surface area contributed by atoms with E-state index in [2.05, 4.69) is 43.4 Å². The zero-order chi connectivity index (χ0) is 12.1. The van der Waals surface area contributed by atoms with E-state index in [0.717, 1.165) is 25.3 Å². The molecule has 1 aromatic rings. The molecule has 0 bridgehead atoms. The Hall–Kier alpha value is -1.02. The summed E-state index contributed by atoms with van der Waals surface area (Å²) in [7, 11) is 0. The third-order valence-corrected chi connectivity index (χ3v) is 3.59. The molecule has 0 spiro atoms. The van der Waals surface area contributed by atoms with Crippen LogP contribution in [-0.2, 0) is 0 Å². The van der Waals surface area contributed by atoms with E-state index in [9.17, 15) is 0 Å². The molecular formula is C15H23NO. The van der Waals surface area contributed by atoms with Crippen molar-refractivity contribution in [3.8, 4) is 5.75 Å². The SMILES string of the molecule is CCCNC(CC)C1CCOc2ccccc21. The molecule has 94 valence electrons. The van der Waals surface area contributed by atoms with E-state index in [1.807, 2.05) is 0 Å². The Morgan fingerprint density at radius 3 is 2.94 bits per heavy atom. The summed E-state index contributed by atoms with van der Waals surface area (Å²) in [5.41, 5.74) is 1.38. The van der Waals surface area contributed by atoms with Crippen molar-refractivity contribution in [2.75, 3.05) is 13.2 Å². The maximum absolute atomic E-state index is 5.73. The molecule has 0 saturated carbocycles. The second-order valence-corrected chi connectivity index (χ2v) is 4.75. The Bertz CT molecular complexity index is 351. The van der Waals surface area contributed by atoms with Crippen molar-refractivity contribution in [1.29, 1.82) is 0 Å². The first-order chi connectivity index (χ1) is 8.36. The fourth-order valence-corrected chi connectivity index (χ4v) is 2.69. The highest BCUT2D eigenvalue weighted by molar-refractivity contribution is 5.38. The number of benzene rings is 1. The quantitative estimate of drug-likeness (QED) is 0.842. The predicted molar refractivity (Wildman–Crippen MR) is 71.7 cm³/mol. The lowest BCUT2D eigenvalue weighted by Crippen LogP contribution is -2.37. The van der Waals surface area contributed by atoms with Gasteiger partial charge in [-0.15, -0.1) is 0 Å². The molecule has 0 aliphatic carbocycles. The third-order valence-electron chi connectivity index (χ3n) is 3.59. The number of hydrogen-bond donors (Lipinski definition) is 1. The lowest BCUT2D eigenvalue weighted by Gasteiger charge is -2.32. The molecule has 1 N–H and O–H groups in total. The first kappa shape index (κ1) is 12.4. The highest BCUT2D eigenvalue weighted by Crippen LogP contribution is 2.36. The van der Waals surface area contributed by atoms with Gasteiger partial charge in [0.25, 0.3) is 0 Å². The van der Waals surface area contributed by atoms with Crippen LogP contribution in [0.2, 0.25) is 0 Å². The maximum atomic E-state index is 5.73. The standard InChI is InChI=1S/C15H23NO/c1-3-10-16-14(4-2)12-9-11-17-15-8-6-5-7-13(12)15/h5-8,12,14,16H,3-4,9-11H2,1-2H3. The zero-order valence-corrected chi connectivity index (χ0v) is 10.9. The highest BCUT2D eigenvalue weighted by atomic mass is 16.5. The summed E-state index contributed by atoms with van der Waals surface area (Å²) in [6.45, 7) is 6.45. The van der Waals surface area contributed by atoms with Crippen LogP contribution in [-0.4, -0.2) is 19.2 Å². The minimum Gasteiger partial charge on any atom is -0.493 e. The van der Waals surface area contributed by atoms with Crippen molar-refractivity contribution in [2.24, 2.45) is 0 Å². The van der Waals surface area contributed by atoms with E-state index < -0.39 is 0 Å². The summed E-state index contributed by atoms with van der Waals surface area (Å²) >= 11 is 0. The van der Waals surface area contributed by atoms with Crippen LogP contribution in [0.1, 0.15) is 44.6 Å². The zero-order valence-electron chi connectivity index (χ0n) is 10.9. The smallest absolute Gasteiger partial charge is 0.122 e. The van der Waals surface area contributed by atoms with Gasteiger partial charge in [0.2, 0.25) is 0 Å². The van der Waals surface area contributed by atoms with Crippen molar-refractivity contribution < 1.29 is 4.74 Å². The van der Waals surface area contributed by atoms with Gasteiger partial charge in [0.15, 0.2) is 0 Å². The summed E-state index contributed by atoms with van der Waals surface area (Å²) in [4.78, 5) is 0. The summed E-state index contributed by atoms with van der Waals surface area (Å²) in [5.74, 6) is 1.69. The lowest BCUT2D eigenvalue weighted by atomic mass is 9.85. The summed E-state index contributed by atoms with van der Waals surface area (Å²) in [6.07, 6.45) is 3.51. The first-order valence-electron chi connectivity index (χ1n) is 6.82. The predicted octanol–water partition coefficient (Wildman–Crippen LogP) is 3.33. The third kappa shape index (κ3) is 2.81. The van der Waals surface area contributed by atoms with Crippen LogP contribution >= 0.6 is 0 Å². The average molecular weight is 233 g/mol. The van der Waals surface area contributed by atoms with E-state index >= 15 is 0 Å². The second kappa shape index (κ2) is 6.06. The van der Waals surface area contributed by atoms with Crippen LogP contribution < -0.4 is 10.1 Å². The van der Waals surface area contributed by atoms with Gasteiger partial charge in [0.1, 0.15) is 5.75 Å². The first-order valence-corrected chi connectivity index (χ1v) is 6.82. The van der Waals surface area contributed by atoms with Crippen molar-refractivity contribution >= 4 is 0 Å². The Balaban J connectivity index is 2.15. The Labute approximate surface area is 104 Å². The molecule has 1 aromatic carbocycles. The number of ether oxygens (including phenoxy) is 1. The molecule has 2 atom stereocenters. The molecule has 2 unspecified atom stereocenters. The van der Waals surface area contributed by atoms with Crippen molar-refractivity contribution in [3.05, 3.63) is 29.8 Å². The molecule has 0 amide bonds. The molecule has 2 heteroatoms. The maximum Gasteiger partial charge on any atom is 0.122 e. The molecule has 1 aliphatic heterocycles. The van der Waals surface area contributed by atoms with E-state index in [1.165, 1.54) is 18.4 Å². The van der Waals surface area contributed by atoms with E-state index in [0.29, 0.717) is 12.0 Å². The molecule has 0 fully saturated rings. The minimum absolute atomic E-state index is 0.583. The van der Waals surface area contributed by atoms with Crippen LogP contribution in [0.15, 0.2) is 24.3 Å². The van der Waals surface area contributed by atoms with Gasteiger partial charge < -0.3 is 10.1 Å². The van der Waals surface area contributed by atoms with Gasteiger partial charge in [0, 0.05) is 12.0 Å². The summed E-state index contributed by atoms with van der Waals surface area (Å²) in [6, 6.07) is 9.07. The number of para-hydroxylation sites is 1. The average Bonchev–Trinajstić information content (AvgIpc) is 2.40. The number of hydrogen-bond acceptors (Lipinski definition) is 2. The Morgan fingerprint density at radius 2 is 2.18 bits per heavy atom. The van der Waals surface area contributed by atoms with Gasteiger partial charge in [-0.3, -0.25) is 0 Å². The van der Waals surface area contributed by atoms with E-state index in [1.54, 1.807) is 0 Å². The van der Waals surface area contributed by atoms with E-state index in [-0.39, 0.29) is 0 Å². The van der Waals surface area contributed by atoms with Crippen LogP contribution in [0.25, 0.3) is 0 Å². The minimum atomic E-state index is 0.583. The molecule has 0 aromatic heterocycles. The molecule has 1 heterocycles. The summed E-state index contributed by atoms with van der Waals surface area (Å²) in [5, 5.41) is 3.67. The van der Waals surface area contributed by atoms with E-state index in [4.69, 9.17) is 4.74 Å². The van der Waals surface area contributed by atoms with Crippen molar-refractivity contribution in [1.82, 2.24) is 5.32 Å². The van der Waals surface area contributed by atoms with Crippen molar-refractivity contribution in [3.63, 3.8) is 0 Å². The normalized spacial score (nSPS) is 20.5. The van der Waals surface area contributed by atoms with Crippen LogP contribution in [0.4, 0.5) is 0 Å². The molecular weight excluding hydrogens is 210 g/mol. The lowest BCUT2D eigenvalue weighted by molar-refractivity contribution is 0.243. The van der Waals surface area contributed by atoms with Crippen LogP contribution in [0.5, 0.6) is 5.75 Å². The van der Waals surface area contributed by atoms with Gasteiger partial charge in [0.05, 0.1) is 6.61 Å². The molecule has 0 saturated heterocycles. The monoisotopic (exact) mass is 233 g/mol. The Kier molecular flexibility index (Phi) is 4.43. The number of nitrogens with one attached hydrogen (secondary N) is 1. The van der Waals surface area contributed by atoms with Gasteiger partial charge in [-0.1, -0.05) is 32.0 Å². The highest BCUT2D eigenvalue weighted by Gasteiger charge is 2.27. The topological polar surface area (TPSA) is 21.3 Å². The van der Waals surface area contributed by atoms with Crippen LogP contribution in [0.3, 0.4) is 0 Å². The van der Waals surface area contributed by atoms with Crippen LogP contribution in [0, 0.1) is 0 Å². The largest absolute Gasteiger partial charge is 0.493 e. The van der Waals surface area contributed by atoms with Gasteiger partial charge in [-0.2, -0.15) is 0 Å². The second-order valence-electron chi connectivity index (χ2n) is 4.75. The molecule has 1 aliphatic rings. The molecule has 2 nitrogen and oxygen atoms in total. The molecule has 17 heavy (non-hydrogen) atoms. The number of rotatable bonds is 5. The van der Waals surface area contributed by atoms with Gasteiger partial charge in [-0.25, -0.2) is 0 Å². The van der Waals surface area contributed by atoms with Gasteiger partial charge in [-0.05, 0) is 37.4 Å². The fourth-order valence-electron chi connectivity index (χ4n) is 2.69.